The van der Waals surface area contributed by atoms with Gasteiger partial charge < -0.3 is 24.6 Å². The Balaban J connectivity index is 1.84. The Labute approximate surface area is 190 Å². The summed E-state index contributed by atoms with van der Waals surface area (Å²) >= 11 is 5.95. The molecule has 0 bridgehead atoms. The zero-order chi connectivity index (χ0) is 22.8. The van der Waals surface area contributed by atoms with Crippen LogP contribution in [0.4, 0.5) is 0 Å². The SMILES string of the molecule is CCOc1cc(C2/C(=C(/O)c3ccc(Cl)cc3)C(=O)C(=O)N2CC2CCCO2)ccc1O. The number of ketones is 1. The van der Waals surface area contributed by atoms with Crippen LogP contribution < -0.4 is 4.74 Å². The van der Waals surface area contributed by atoms with Crippen LogP contribution in [0.3, 0.4) is 0 Å². The molecule has 2 aliphatic rings. The molecule has 2 aromatic rings. The molecule has 2 fully saturated rings. The van der Waals surface area contributed by atoms with E-state index in [1.54, 1.807) is 43.3 Å². The number of likely N-dealkylation sites (tertiary alicyclic amines) is 1. The first-order valence-electron chi connectivity index (χ1n) is 10.5. The number of Topliss-reactive ketones (excluding diaryl/α,β-unsaturated/α-hetero) is 1. The largest absolute Gasteiger partial charge is 0.507 e. The Morgan fingerprint density at radius 2 is 1.97 bits per heavy atom. The number of hydrogen-bond acceptors (Lipinski definition) is 6. The number of halogens is 1. The number of phenols is 1. The average Bonchev–Trinajstić information content (AvgIpc) is 3.38. The lowest BCUT2D eigenvalue weighted by atomic mass is 9.95. The highest BCUT2D eigenvalue weighted by Crippen LogP contribution is 2.42. The predicted molar refractivity (Wildman–Crippen MR) is 119 cm³/mol. The summed E-state index contributed by atoms with van der Waals surface area (Å²) < 4.78 is 11.2. The molecule has 0 aromatic heterocycles. The van der Waals surface area contributed by atoms with Gasteiger partial charge in [0.05, 0.1) is 24.3 Å². The molecule has 4 rings (SSSR count). The summed E-state index contributed by atoms with van der Waals surface area (Å²) in [5.74, 6) is -1.58. The number of aliphatic hydroxyl groups excluding tert-OH is 1. The van der Waals surface area contributed by atoms with Crippen LogP contribution in [-0.4, -0.2) is 52.7 Å². The van der Waals surface area contributed by atoms with Gasteiger partial charge in [0.25, 0.3) is 11.7 Å². The van der Waals surface area contributed by atoms with Crippen LogP contribution in [0, 0.1) is 0 Å². The molecular formula is C24H24ClNO6. The highest BCUT2D eigenvalue weighted by molar-refractivity contribution is 6.46. The first kappa shape index (κ1) is 22.2. The molecule has 8 heteroatoms. The van der Waals surface area contributed by atoms with Crippen molar-refractivity contribution in [2.45, 2.75) is 31.9 Å². The molecule has 2 heterocycles. The van der Waals surface area contributed by atoms with E-state index in [1.807, 2.05) is 0 Å². The summed E-state index contributed by atoms with van der Waals surface area (Å²) in [7, 11) is 0. The van der Waals surface area contributed by atoms with E-state index in [2.05, 4.69) is 0 Å². The molecule has 0 radical (unpaired) electrons. The summed E-state index contributed by atoms with van der Waals surface area (Å²) in [4.78, 5) is 27.5. The molecule has 2 aliphatic heterocycles. The van der Waals surface area contributed by atoms with E-state index < -0.39 is 17.7 Å². The molecule has 0 spiro atoms. The number of rotatable bonds is 6. The molecule has 2 saturated heterocycles. The van der Waals surface area contributed by atoms with Gasteiger partial charge in [0.15, 0.2) is 11.5 Å². The molecule has 7 nitrogen and oxygen atoms in total. The number of aliphatic hydroxyl groups is 1. The number of phenolic OH excluding ortho intramolecular Hbond substituents is 1. The van der Waals surface area contributed by atoms with Gasteiger partial charge in [0.2, 0.25) is 0 Å². The number of nitrogens with zero attached hydrogens (tertiary/aromatic N) is 1. The van der Waals surface area contributed by atoms with Crippen molar-refractivity contribution in [2.24, 2.45) is 0 Å². The van der Waals surface area contributed by atoms with Crippen molar-refractivity contribution >= 4 is 29.1 Å². The molecule has 1 amide bonds. The maximum atomic E-state index is 13.1. The van der Waals surface area contributed by atoms with Crippen LogP contribution in [0.5, 0.6) is 11.5 Å². The second-order valence-electron chi connectivity index (χ2n) is 7.75. The van der Waals surface area contributed by atoms with Gasteiger partial charge in [-0.05, 0) is 61.7 Å². The molecule has 2 atom stereocenters. The van der Waals surface area contributed by atoms with Gasteiger partial charge >= 0.3 is 0 Å². The topological polar surface area (TPSA) is 96.3 Å². The fraction of sp³-hybridized carbons (Fsp3) is 0.333. The third kappa shape index (κ3) is 4.18. The smallest absolute Gasteiger partial charge is 0.295 e. The summed E-state index contributed by atoms with van der Waals surface area (Å²) in [6.45, 7) is 2.95. The minimum Gasteiger partial charge on any atom is -0.507 e. The second kappa shape index (κ2) is 9.22. The van der Waals surface area contributed by atoms with Crippen LogP contribution in [0.15, 0.2) is 48.0 Å². The molecule has 2 unspecified atom stereocenters. The van der Waals surface area contributed by atoms with E-state index in [-0.39, 0.29) is 35.5 Å². The minimum absolute atomic E-state index is 0.0246. The lowest BCUT2D eigenvalue weighted by Gasteiger charge is -2.27. The number of hydrogen-bond donors (Lipinski definition) is 2. The molecule has 2 aromatic carbocycles. The zero-order valence-electron chi connectivity index (χ0n) is 17.6. The van der Waals surface area contributed by atoms with Crippen molar-refractivity contribution in [3.8, 4) is 11.5 Å². The molecule has 32 heavy (non-hydrogen) atoms. The lowest BCUT2D eigenvalue weighted by Crippen LogP contribution is -2.36. The Morgan fingerprint density at radius 3 is 2.62 bits per heavy atom. The maximum absolute atomic E-state index is 13.1. The van der Waals surface area contributed by atoms with Gasteiger partial charge in [0, 0.05) is 23.7 Å². The number of amides is 1. The molecular weight excluding hydrogens is 434 g/mol. The minimum atomic E-state index is -0.852. The van der Waals surface area contributed by atoms with Gasteiger partial charge in [-0.15, -0.1) is 0 Å². The van der Waals surface area contributed by atoms with Crippen LogP contribution in [0.1, 0.15) is 36.9 Å². The van der Waals surface area contributed by atoms with E-state index >= 15 is 0 Å². The highest BCUT2D eigenvalue weighted by atomic mass is 35.5. The second-order valence-corrected chi connectivity index (χ2v) is 8.19. The van der Waals surface area contributed by atoms with E-state index in [0.717, 1.165) is 12.8 Å². The van der Waals surface area contributed by atoms with E-state index in [4.69, 9.17) is 21.1 Å². The number of aromatic hydroxyl groups is 1. The average molecular weight is 458 g/mol. The quantitative estimate of drug-likeness (QED) is 0.386. The number of carbonyl (C=O) groups is 2. The van der Waals surface area contributed by atoms with E-state index in [1.165, 1.54) is 11.0 Å². The summed E-state index contributed by atoms with van der Waals surface area (Å²) in [6.07, 6.45) is 1.49. The third-order valence-corrected chi connectivity index (χ3v) is 5.93. The van der Waals surface area contributed by atoms with Gasteiger partial charge in [-0.2, -0.15) is 0 Å². The maximum Gasteiger partial charge on any atom is 0.295 e. The standard InChI is InChI=1S/C24H24ClNO6/c1-2-31-19-12-15(7-10-18(19)27)21-20(22(28)14-5-8-16(25)9-6-14)23(29)24(30)26(21)13-17-4-3-11-32-17/h5-10,12,17,21,27-28H,2-4,11,13H2,1H3/b22-20-. The number of ether oxygens (including phenoxy) is 2. The highest BCUT2D eigenvalue weighted by Gasteiger charge is 2.47. The number of carbonyl (C=O) groups excluding carboxylic acids is 2. The van der Waals surface area contributed by atoms with Crippen LogP contribution >= 0.6 is 11.6 Å². The summed E-state index contributed by atoms with van der Waals surface area (Å²) in [6, 6.07) is 10.2. The van der Waals surface area contributed by atoms with Gasteiger partial charge in [-0.1, -0.05) is 17.7 Å². The van der Waals surface area contributed by atoms with Crippen LogP contribution in [0.25, 0.3) is 5.76 Å². The molecule has 168 valence electrons. The fourth-order valence-corrected chi connectivity index (χ4v) is 4.28. The van der Waals surface area contributed by atoms with Crippen molar-refractivity contribution in [1.29, 1.82) is 0 Å². The van der Waals surface area contributed by atoms with Crippen LogP contribution in [-0.2, 0) is 14.3 Å². The van der Waals surface area contributed by atoms with Gasteiger partial charge in [-0.3, -0.25) is 9.59 Å². The predicted octanol–water partition coefficient (Wildman–Crippen LogP) is 4.05. The molecule has 0 saturated carbocycles. The lowest BCUT2D eigenvalue weighted by molar-refractivity contribution is -0.140. The van der Waals surface area contributed by atoms with Gasteiger partial charge in [0.1, 0.15) is 5.76 Å². The summed E-state index contributed by atoms with van der Waals surface area (Å²) in [5.41, 5.74) is 0.890. The van der Waals surface area contributed by atoms with Crippen LogP contribution in [0.2, 0.25) is 5.02 Å². The molecule has 2 N–H and O–H groups in total. The Bertz CT molecular complexity index is 1060. The monoisotopic (exact) mass is 457 g/mol. The Kier molecular flexibility index (Phi) is 6.39. The zero-order valence-corrected chi connectivity index (χ0v) is 18.3. The Hall–Kier alpha value is -3.03. The first-order valence-corrected chi connectivity index (χ1v) is 10.9. The van der Waals surface area contributed by atoms with Crippen molar-refractivity contribution in [1.82, 2.24) is 4.90 Å². The number of benzene rings is 2. The van der Waals surface area contributed by atoms with Crippen molar-refractivity contribution in [2.75, 3.05) is 19.8 Å². The van der Waals surface area contributed by atoms with E-state index in [0.29, 0.717) is 29.4 Å². The molecule has 0 aliphatic carbocycles. The Morgan fingerprint density at radius 1 is 1.22 bits per heavy atom. The van der Waals surface area contributed by atoms with Gasteiger partial charge in [-0.25, -0.2) is 0 Å². The van der Waals surface area contributed by atoms with Crippen molar-refractivity contribution in [3.63, 3.8) is 0 Å². The fourth-order valence-electron chi connectivity index (χ4n) is 4.16. The first-order chi connectivity index (χ1) is 15.4. The summed E-state index contributed by atoms with van der Waals surface area (Å²) in [5, 5.41) is 21.7. The van der Waals surface area contributed by atoms with E-state index in [9.17, 15) is 19.8 Å². The van der Waals surface area contributed by atoms with Crippen molar-refractivity contribution < 1.29 is 29.3 Å². The van der Waals surface area contributed by atoms with Crippen molar-refractivity contribution in [3.05, 3.63) is 64.2 Å². The normalized spacial score (nSPS) is 22.5. The third-order valence-electron chi connectivity index (χ3n) is 5.68.